The van der Waals surface area contributed by atoms with Gasteiger partial charge in [0.25, 0.3) is 5.91 Å². The molecule has 2 amide bonds. The maximum Gasteiger partial charge on any atom is 0.251 e. The molecular weight excluding hydrogens is 392 g/mol. The van der Waals surface area contributed by atoms with Crippen molar-refractivity contribution in [2.24, 2.45) is 0 Å². The molecule has 1 fully saturated rings. The van der Waals surface area contributed by atoms with Crippen LogP contribution in [0.3, 0.4) is 0 Å². The van der Waals surface area contributed by atoms with Gasteiger partial charge in [-0.25, -0.2) is 0 Å². The predicted molar refractivity (Wildman–Crippen MR) is 121 cm³/mol. The largest absolute Gasteiger partial charge is 0.493 e. The molecule has 166 valence electrons. The van der Waals surface area contributed by atoms with Crippen LogP contribution in [-0.2, 0) is 11.2 Å². The summed E-state index contributed by atoms with van der Waals surface area (Å²) >= 11 is 0. The van der Waals surface area contributed by atoms with Crippen LogP contribution < -0.4 is 14.8 Å². The summed E-state index contributed by atoms with van der Waals surface area (Å²) in [6, 6.07) is 13.5. The van der Waals surface area contributed by atoms with Gasteiger partial charge in [-0.05, 0) is 62.9 Å². The second-order valence-electron chi connectivity index (χ2n) is 7.91. The lowest BCUT2D eigenvalue weighted by molar-refractivity contribution is -0.132. The number of likely N-dealkylation sites (tertiary alicyclic amines) is 1. The van der Waals surface area contributed by atoms with Crippen molar-refractivity contribution < 1.29 is 19.1 Å². The molecule has 1 saturated heterocycles. The normalized spacial score (nSPS) is 14.2. The molecule has 6 nitrogen and oxygen atoms in total. The Hall–Kier alpha value is -3.02. The second-order valence-corrected chi connectivity index (χ2v) is 7.91. The Kier molecular flexibility index (Phi) is 7.93. The van der Waals surface area contributed by atoms with Crippen LogP contribution in [0.25, 0.3) is 0 Å². The molecule has 6 heteroatoms. The number of piperidine rings is 1. The van der Waals surface area contributed by atoms with Crippen molar-refractivity contribution in [2.45, 2.75) is 45.6 Å². The Morgan fingerprint density at radius 1 is 1.06 bits per heavy atom. The molecule has 2 aromatic rings. The van der Waals surface area contributed by atoms with Gasteiger partial charge in [-0.1, -0.05) is 23.8 Å². The lowest BCUT2D eigenvalue weighted by Crippen LogP contribution is -2.46. The number of nitrogens with zero attached hydrogens (tertiary/aromatic N) is 1. The standard InChI is InChI=1S/C25H32N2O4/c1-4-31-22-11-7-19(17-23(22)30-3)8-12-24(28)27-15-13-21(14-16-27)26-25(29)20-9-5-18(2)6-10-20/h5-7,9-11,17,21H,4,8,12-16H2,1-3H3,(H,26,29). The van der Waals surface area contributed by atoms with Crippen LogP contribution in [0.2, 0.25) is 0 Å². The van der Waals surface area contributed by atoms with Crippen molar-refractivity contribution in [3.63, 3.8) is 0 Å². The van der Waals surface area contributed by atoms with E-state index in [2.05, 4.69) is 5.32 Å². The minimum absolute atomic E-state index is 0.0470. The summed E-state index contributed by atoms with van der Waals surface area (Å²) in [5.41, 5.74) is 2.86. The van der Waals surface area contributed by atoms with Crippen molar-refractivity contribution in [3.05, 3.63) is 59.2 Å². The third-order valence-corrected chi connectivity index (χ3v) is 5.65. The van der Waals surface area contributed by atoms with E-state index in [1.807, 2.05) is 61.2 Å². The number of benzene rings is 2. The monoisotopic (exact) mass is 424 g/mol. The first-order valence-electron chi connectivity index (χ1n) is 10.9. The molecule has 1 aliphatic heterocycles. The van der Waals surface area contributed by atoms with Crippen LogP contribution in [0.5, 0.6) is 11.5 Å². The summed E-state index contributed by atoms with van der Waals surface area (Å²) in [4.78, 5) is 27.0. The number of amides is 2. The van der Waals surface area contributed by atoms with E-state index in [4.69, 9.17) is 9.47 Å². The molecular formula is C25H32N2O4. The minimum Gasteiger partial charge on any atom is -0.493 e. The first-order valence-corrected chi connectivity index (χ1v) is 10.9. The van der Waals surface area contributed by atoms with Gasteiger partial charge in [0, 0.05) is 31.1 Å². The molecule has 1 aliphatic rings. The molecule has 0 unspecified atom stereocenters. The Bertz CT molecular complexity index is 887. The van der Waals surface area contributed by atoms with Gasteiger partial charge in [-0.15, -0.1) is 0 Å². The molecule has 2 aromatic carbocycles. The number of aryl methyl sites for hydroxylation is 2. The molecule has 0 aliphatic carbocycles. The summed E-state index contributed by atoms with van der Waals surface area (Å²) in [7, 11) is 1.62. The van der Waals surface area contributed by atoms with Crippen molar-refractivity contribution >= 4 is 11.8 Å². The molecule has 0 spiro atoms. The van der Waals surface area contributed by atoms with Crippen molar-refractivity contribution in [3.8, 4) is 11.5 Å². The van der Waals surface area contributed by atoms with Crippen LogP contribution in [0, 0.1) is 6.92 Å². The highest BCUT2D eigenvalue weighted by molar-refractivity contribution is 5.94. The number of methoxy groups -OCH3 is 1. The second kappa shape index (κ2) is 10.8. The summed E-state index contributed by atoms with van der Waals surface area (Å²) in [5, 5.41) is 3.10. The van der Waals surface area contributed by atoms with E-state index in [0.29, 0.717) is 43.9 Å². The number of hydrogen-bond donors (Lipinski definition) is 1. The Morgan fingerprint density at radius 2 is 1.77 bits per heavy atom. The predicted octanol–water partition coefficient (Wildman–Crippen LogP) is 3.76. The van der Waals surface area contributed by atoms with Gasteiger partial charge in [-0.2, -0.15) is 0 Å². The first-order chi connectivity index (χ1) is 15.0. The molecule has 1 N–H and O–H groups in total. The number of hydrogen-bond acceptors (Lipinski definition) is 4. The molecule has 0 atom stereocenters. The van der Waals surface area contributed by atoms with E-state index >= 15 is 0 Å². The van der Waals surface area contributed by atoms with Crippen LogP contribution in [0.15, 0.2) is 42.5 Å². The van der Waals surface area contributed by atoms with E-state index in [1.54, 1.807) is 7.11 Å². The summed E-state index contributed by atoms with van der Waals surface area (Å²) in [6.45, 7) is 5.86. The van der Waals surface area contributed by atoms with E-state index < -0.39 is 0 Å². The first kappa shape index (κ1) is 22.7. The number of ether oxygens (including phenoxy) is 2. The van der Waals surface area contributed by atoms with Crippen molar-refractivity contribution in [1.82, 2.24) is 10.2 Å². The van der Waals surface area contributed by atoms with Gasteiger partial charge in [0.2, 0.25) is 5.91 Å². The number of nitrogens with one attached hydrogen (secondary N) is 1. The van der Waals surface area contributed by atoms with Gasteiger partial charge in [0.1, 0.15) is 0 Å². The maximum absolute atomic E-state index is 12.7. The smallest absolute Gasteiger partial charge is 0.251 e. The molecule has 1 heterocycles. The fourth-order valence-electron chi connectivity index (χ4n) is 3.80. The zero-order valence-electron chi connectivity index (χ0n) is 18.6. The van der Waals surface area contributed by atoms with Crippen LogP contribution in [0.1, 0.15) is 47.7 Å². The number of rotatable bonds is 8. The molecule has 0 radical (unpaired) electrons. The van der Waals surface area contributed by atoms with Crippen molar-refractivity contribution in [2.75, 3.05) is 26.8 Å². The minimum atomic E-state index is -0.0470. The summed E-state index contributed by atoms with van der Waals surface area (Å²) in [6.07, 6.45) is 2.67. The fourth-order valence-corrected chi connectivity index (χ4v) is 3.80. The molecule has 0 aromatic heterocycles. The average molecular weight is 425 g/mol. The topological polar surface area (TPSA) is 67.9 Å². The van der Waals surface area contributed by atoms with E-state index in [0.717, 1.165) is 29.7 Å². The SMILES string of the molecule is CCOc1ccc(CCC(=O)N2CCC(NC(=O)c3ccc(C)cc3)CC2)cc1OC. The highest BCUT2D eigenvalue weighted by Gasteiger charge is 2.24. The van der Waals surface area contributed by atoms with Crippen LogP contribution in [0.4, 0.5) is 0 Å². The zero-order valence-corrected chi connectivity index (χ0v) is 18.6. The Balaban J connectivity index is 1.45. The van der Waals surface area contributed by atoms with Crippen molar-refractivity contribution in [1.29, 1.82) is 0 Å². The lowest BCUT2D eigenvalue weighted by Gasteiger charge is -2.32. The van der Waals surface area contributed by atoms with Gasteiger partial charge >= 0.3 is 0 Å². The van der Waals surface area contributed by atoms with Gasteiger partial charge in [0.05, 0.1) is 13.7 Å². The highest BCUT2D eigenvalue weighted by atomic mass is 16.5. The van der Waals surface area contributed by atoms with E-state index in [9.17, 15) is 9.59 Å². The van der Waals surface area contributed by atoms with Crippen LogP contribution >= 0.6 is 0 Å². The molecule has 0 bridgehead atoms. The third-order valence-electron chi connectivity index (χ3n) is 5.65. The molecule has 0 saturated carbocycles. The lowest BCUT2D eigenvalue weighted by atomic mass is 10.0. The average Bonchev–Trinajstić information content (AvgIpc) is 2.79. The van der Waals surface area contributed by atoms with Crippen LogP contribution in [-0.4, -0.2) is 49.6 Å². The maximum atomic E-state index is 12.7. The number of carbonyl (C=O) groups excluding carboxylic acids is 2. The van der Waals surface area contributed by atoms with Gasteiger partial charge in [0.15, 0.2) is 11.5 Å². The Labute approximate surface area is 184 Å². The quantitative estimate of drug-likeness (QED) is 0.701. The number of carbonyl (C=O) groups is 2. The zero-order chi connectivity index (χ0) is 22.2. The van der Waals surface area contributed by atoms with E-state index in [-0.39, 0.29) is 17.9 Å². The third kappa shape index (κ3) is 6.23. The molecule has 31 heavy (non-hydrogen) atoms. The highest BCUT2D eigenvalue weighted by Crippen LogP contribution is 2.28. The Morgan fingerprint density at radius 3 is 2.42 bits per heavy atom. The molecule has 3 rings (SSSR count). The summed E-state index contributed by atoms with van der Waals surface area (Å²) < 4.78 is 10.9. The fraction of sp³-hybridized carbons (Fsp3) is 0.440. The van der Waals surface area contributed by atoms with Gasteiger partial charge in [-0.3, -0.25) is 9.59 Å². The van der Waals surface area contributed by atoms with E-state index in [1.165, 1.54) is 0 Å². The summed E-state index contributed by atoms with van der Waals surface area (Å²) in [5.74, 6) is 1.51. The van der Waals surface area contributed by atoms with Gasteiger partial charge < -0.3 is 19.7 Å².